The van der Waals surface area contributed by atoms with E-state index in [4.69, 9.17) is 18.9 Å². The number of ether oxygens (including phenoxy) is 4. The van der Waals surface area contributed by atoms with E-state index < -0.39 is 0 Å². The molecular formula is C22H28ClNO5. The molecule has 1 heterocycles. The number of benzene rings is 2. The van der Waals surface area contributed by atoms with Crippen LogP contribution in [0.4, 0.5) is 0 Å². The summed E-state index contributed by atoms with van der Waals surface area (Å²) in [6, 6.07) is 4.30. The van der Waals surface area contributed by atoms with Crippen molar-refractivity contribution in [3.8, 4) is 34.1 Å². The Labute approximate surface area is 177 Å². The van der Waals surface area contributed by atoms with E-state index in [0.717, 1.165) is 41.8 Å². The van der Waals surface area contributed by atoms with Crippen molar-refractivity contribution in [2.45, 2.75) is 25.5 Å². The van der Waals surface area contributed by atoms with Crippen LogP contribution in [-0.2, 0) is 19.4 Å². The van der Waals surface area contributed by atoms with Crippen molar-refractivity contribution in [2.75, 3.05) is 42.0 Å². The Hall–Kier alpha value is -2.15. The maximum absolute atomic E-state index is 10.1. The lowest BCUT2D eigenvalue weighted by Gasteiger charge is -2.41. The molecule has 7 heteroatoms. The predicted molar refractivity (Wildman–Crippen MR) is 114 cm³/mol. The van der Waals surface area contributed by atoms with E-state index in [0.29, 0.717) is 17.2 Å². The lowest BCUT2D eigenvalue weighted by atomic mass is 9.75. The fraction of sp³-hybridized carbons (Fsp3) is 0.455. The number of likely N-dealkylation sites (N-methyl/N-ethyl adjacent to an activating group) is 1. The molecule has 0 radical (unpaired) electrons. The van der Waals surface area contributed by atoms with Gasteiger partial charge in [-0.3, -0.25) is 4.90 Å². The van der Waals surface area contributed by atoms with E-state index in [9.17, 15) is 5.11 Å². The van der Waals surface area contributed by atoms with Gasteiger partial charge in [-0.25, -0.2) is 0 Å². The molecule has 0 amide bonds. The zero-order chi connectivity index (χ0) is 20.0. The number of aliphatic hydroxyl groups excluding tert-OH is 1. The summed E-state index contributed by atoms with van der Waals surface area (Å²) in [6.45, 7) is 0.861. The molecule has 0 saturated heterocycles. The Balaban J connectivity index is 0.00000240. The zero-order valence-corrected chi connectivity index (χ0v) is 18.3. The smallest absolute Gasteiger partial charge is 0.169 e. The third kappa shape index (κ3) is 3.10. The first kappa shape index (κ1) is 21.6. The van der Waals surface area contributed by atoms with E-state index in [2.05, 4.69) is 18.0 Å². The largest absolute Gasteiger partial charge is 0.493 e. The summed E-state index contributed by atoms with van der Waals surface area (Å²) < 4.78 is 22.7. The van der Waals surface area contributed by atoms with Crippen LogP contribution in [0, 0.1) is 0 Å². The van der Waals surface area contributed by atoms with Gasteiger partial charge in [0.25, 0.3) is 0 Å². The second kappa shape index (κ2) is 8.30. The van der Waals surface area contributed by atoms with Crippen LogP contribution in [-0.4, -0.2) is 52.0 Å². The molecule has 158 valence electrons. The molecule has 29 heavy (non-hydrogen) atoms. The van der Waals surface area contributed by atoms with Crippen LogP contribution in [0.2, 0.25) is 0 Å². The average Bonchev–Trinajstić information content (AvgIpc) is 2.73. The molecule has 1 aliphatic carbocycles. The van der Waals surface area contributed by atoms with Crippen molar-refractivity contribution < 1.29 is 24.1 Å². The molecule has 1 aliphatic heterocycles. The van der Waals surface area contributed by atoms with Gasteiger partial charge >= 0.3 is 0 Å². The summed E-state index contributed by atoms with van der Waals surface area (Å²) in [5.74, 6) is 2.69. The average molecular weight is 422 g/mol. The monoisotopic (exact) mass is 421 g/mol. The van der Waals surface area contributed by atoms with Crippen molar-refractivity contribution in [3.63, 3.8) is 0 Å². The quantitative estimate of drug-likeness (QED) is 0.798. The van der Waals surface area contributed by atoms with Crippen molar-refractivity contribution >= 4 is 12.4 Å². The van der Waals surface area contributed by atoms with Gasteiger partial charge in [0, 0.05) is 23.7 Å². The minimum atomic E-state index is -0.0721. The third-order valence-electron chi connectivity index (χ3n) is 6.10. The number of hydrogen-bond donors (Lipinski definition) is 1. The Morgan fingerprint density at radius 2 is 1.66 bits per heavy atom. The van der Waals surface area contributed by atoms with Gasteiger partial charge in [-0.2, -0.15) is 0 Å². The van der Waals surface area contributed by atoms with E-state index in [1.165, 1.54) is 16.7 Å². The minimum Gasteiger partial charge on any atom is -0.493 e. The van der Waals surface area contributed by atoms with Crippen LogP contribution < -0.4 is 18.9 Å². The van der Waals surface area contributed by atoms with Crippen LogP contribution in [0.3, 0.4) is 0 Å². The minimum absolute atomic E-state index is 0. The number of fused-ring (bicyclic) bond motifs is 2. The Kier molecular flexibility index (Phi) is 6.17. The van der Waals surface area contributed by atoms with Crippen LogP contribution in [0.25, 0.3) is 11.1 Å². The molecule has 6 nitrogen and oxygen atoms in total. The van der Waals surface area contributed by atoms with Gasteiger partial charge in [0.05, 0.1) is 35.0 Å². The predicted octanol–water partition coefficient (Wildman–Crippen LogP) is 3.39. The summed E-state index contributed by atoms with van der Waals surface area (Å²) in [4.78, 5) is 2.37. The van der Waals surface area contributed by atoms with E-state index in [1.54, 1.807) is 28.4 Å². The van der Waals surface area contributed by atoms with Crippen LogP contribution in [0.1, 0.15) is 28.3 Å². The van der Waals surface area contributed by atoms with Gasteiger partial charge in [0.2, 0.25) is 0 Å². The van der Waals surface area contributed by atoms with E-state index in [-0.39, 0.29) is 25.1 Å². The molecule has 0 aromatic heterocycles. The summed E-state index contributed by atoms with van der Waals surface area (Å²) in [5.41, 5.74) is 6.53. The standard InChI is InChI=1S/C22H27NO5.ClH/c1-23-7-6-13-15(11-24)21(27-4)22(28-5)20-14-10-18(26-3)17(25-2)9-12(14)8-16(23)19(13)20;/h9-10,16,24H,6-8,11H2,1-5H3;1H/t16-;/m0./s1. The van der Waals surface area contributed by atoms with Crippen molar-refractivity contribution in [1.29, 1.82) is 0 Å². The molecule has 0 spiro atoms. The molecule has 4 rings (SSSR count). The fourth-order valence-electron chi connectivity index (χ4n) is 4.78. The molecule has 1 N–H and O–H groups in total. The van der Waals surface area contributed by atoms with Crippen molar-refractivity contribution in [3.05, 3.63) is 34.4 Å². The third-order valence-corrected chi connectivity index (χ3v) is 6.10. The Bertz CT molecular complexity index is 930. The topological polar surface area (TPSA) is 60.4 Å². The molecule has 1 atom stereocenters. The number of rotatable bonds is 5. The number of hydrogen-bond acceptors (Lipinski definition) is 6. The van der Waals surface area contributed by atoms with Gasteiger partial charge < -0.3 is 24.1 Å². The highest BCUT2D eigenvalue weighted by Crippen LogP contribution is 2.55. The highest BCUT2D eigenvalue weighted by Gasteiger charge is 2.38. The maximum atomic E-state index is 10.1. The lowest BCUT2D eigenvalue weighted by Crippen LogP contribution is -2.36. The molecule has 0 fully saturated rings. The van der Waals surface area contributed by atoms with Gasteiger partial charge in [0.1, 0.15) is 0 Å². The van der Waals surface area contributed by atoms with Gasteiger partial charge in [0.15, 0.2) is 23.0 Å². The highest BCUT2D eigenvalue weighted by molar-refractivity contribution is 5.86. The second-order valence-corrected chi connectivity index (χ2v) is 7.29. The SMILES string of the molecule is COc1cc2c(cc1OC)-c1c(OC)c(OC)c(CO)c3c1[C@H](C2)N(C)CC3.Cl. The molecule has 0 saturated carbocycles. The van der Waals surface area contributed by atoms with Gasteiger partial charge in [-0.15, -0.1) is 12.4 Å². The maximum Gasteiger partial charge on any atom is 0.169 e. The molecular weight excluding hydrogens is 394 g/mol. The Morgan fingerprint density at radius 1 is 1.00 bits per heavy atom. The molecule has 0 unspecified atom stereocenters. The number of nitrogens with zero attached hydrogens (tertiary/aromatic N) is 1. The van der Waals surface area contributed by atoms with Crippen LogP contribution in [0.15, 0.2) is 12.1 Å². The second-order valence-electron chi connectivity index (χ2n) is 7.29. The van der Waals surface area contributed by atoms with Crippen molar-refractivity contribution in [2.24, 2.45) is 0 Å². The molecule has 2 aromatic rings. The number of halogens is 1. The first-order valence-corrected chi connectivity index (χ1v) is 9.45. The normalized spacial score (nSPS) is 17.0. The first-order chi connectivity index (χ1) is 13.6. The zero-order valence-electron chi connectivity index (χ0n) is 17.5. The highest BCUT2D eigenvalue weighted by atomic mass is 35.5. The van der Waals surface area contributed by atoms with E-state index >= 15 is 0 Å². The summed E-state index contributed by atoms with van der Waals surface area (Å²) in [6.07, 6.45) is 1.74. The van der Waals surface area contributed by atoms with Crippen molar-refractivity contribution in [1.82, 2.24) is 4.90 Å². The fourth-order valence-corrected chi connectivity index (χ4v) is 4.78. The summed E-state index contributed by atoms with van der Waals surface area (Å²) >= 11 is 0. The summed E-state index contributed by atoms with van der Waals surface area (Å²) in [5, 5.41) is 10.1. The van der Waals surface area contributed by atoms with Gasteiger partial charge in [-0.1, -0.05) is 0 Å². The lowest BCUT2D eigenvalue weighted by molar-refractivity contribution is 0.220. The molecule has 0 bridgehead atoms. The summed E-state index contributed by atoms with van der Waals surface area (Å²) in [7, 11) is 8.73. The number of aliphatic hydroxyl groups is 1. The molecule has 2 aliphatic rings. The Morgan fingerprint density at radius 3 is 2.24 bits per heavy atom. The number of methoxy groups -OCH3 is 4. The van der Waals surface area contributed by atoms with Crippen LogP contribution in [0.5, 0.6) is 23.0 Å². The molecule has 2 aromatic carbocycles. The van der Waals surface area contributed by atoms with E-state index in [1.807, 2.05) is 6.07 Å². The van der Waals surface area contributed by atoms with Crippen LogP contribution >= 0.6 is 12.4 Å². The van der Waals surface area contributed by atoms with Gasteiger partial charge in [-0.05, 0) is 54.3 Å². The first-order valence-electron chi connectivity index (χ1n) is 9.45.